The lowest BCUT2D eigenvalue weighted by atomic mass is 10.1. The topological polar surface area (TPSA) is 88.9 Å². The Balaban J connectivity index is 1.58. The van der Waals surface area contributed by atoms with Gasteiger partial charge in [-0.15, -0.1) is 10.2 Å². The number of thioether (sulfide) groups is 1. The number of anilines is 1. The fraction of sp³-hybridized carbons (Fsp3) is 0.273. The Hall–Kier alpha value is -2.65. The van der Waals surface area contributed by atoms with Crippen molar-refractivity contribution in [3.63, 3.8) is 0 Å². The van der Waals surface area contributed by atoms with Gasteiger partial charge < -0.3 is 15.2 Å². The summed E-state index contributed by atoms with van der Waals surface area (Å²) in [4.78, 5) is 24.8. The molecule has 7 nitrogen and oxygen atoms in total. The van der Waals surface area contributed by atoms with Gasteiger partial charge in [-0.1, -0.05) is 30.0 Å². The van der Waals surface area contributed by atoms with Crippen LogP contribution in [0.25, 0.3) is 0 Å². The number of aromatic nitrogens is 3. The Morgan fingerprint density at radius 1 is 1.10 bits per heavy atom. The zero-order valence-corrected chi connectivity index (χ0v) is 20.0. The highest BCUT2D eigenvalue weighted by molar-refractivity contribution is 9.10. The van der Waals surface area contributed by atoms with E-state index in [9.17, 15) is 9.59 Å². The Kier molecular flexibility index (Phi) is 7.86. The normalized spacial score (nSPS) is 10.7. The molecule has 3 aromatic rings. The second-order valence-corrected chi connectivity index (χ2v) is 8.82. The SMILES string of the molecule is CCn1c(CNC(=O)c2ccccc2Br)nnc1SCC(=O)Nc1cc(C)cc(C)c1. The van der Waals surface area contributed by atoms with Crippen LogP contribution in [0.4, 0.5) is 5.69 Å². The van der Waals surface area contributed by atoms with Gasteiger partial charge in [-0.2, -0.15) is 0 Å². The van der Waals surface area contributed by atoms with Crippen molar-refractivity contribution in [2.75, 3.05) is 11.1 Å². The number of nitrogens with one attached hydrogen (secondary N) is 2. The van der Waals surface area contributed by atoms with Crippen LogP contribution >= 0.6 is 27.7 Å². The van der Waals surface area contributed by atoms with E-state index < -0.39 is 0 Å². The van der Waals surface area contributed by atoms with E-state index in [0.29, 0.717) is 23.1 Å². The maximum atomic E-state index is 12.4. The summed E-state index contributed by atoms with van der Waals surface area (Å²) in [6.45, 7) is 6.85. The molecule has 0 aliphatic carbocycles. The number of carbonyl (C=O) groups excluding carboxylic acids is 2. The number of hydrogen-bond acceptors (Lipinski definition) is 5. The molecular weight excluding hydrogens is 478 g/mol. The minimum atomic E-state index is -0.194. The highest BCUT2D eigenvalue weighted by Crippen LogP contribution is 2.19. The van der Waals surface area contributed by atoms with Gasteiger partial charge in [0, 0.05) is 16.7 Å². The summed E-state index contributed by atoms with van der Waals surface area (Å²) < 4.78 is 2.63. The number of halogens is 1. The lowest BCUT2D eigenvalue weighted by molar-refractivity contribution is -0.113. The van der Waals surface area contributed by atoms with Crippen molar-refractivity contribution in [3.8, 4) is 0 Å². The molecule has 0 aliphatic heterocycles. The number of aryl methyl sites for hydroxylation is 2. The van der Waals surface area contributed by atoms with Crippen LogP contribution in [-0.2, 0) is 17.9 Å². The maximum Gasteiger partial charge on any atom is 0.252 e. The first-order valence-electron chi connectivity index (χ1n) is 9.83. The van der Waals surface area contributed by atoms with E-state index in [0.717, 1.165) is 21.3 Å². The van der Waals surface area contributed by atoms with Gasteiger partial charge in [0.25, 0.3) is 5.91 Å². The first kappa shape index (κ1) is 23.0. The first-order valence-corrected chi connectivity index (χ1v) is 11.6. The number of amides is 2. The molecule has 1 heterocycles. The second-order valence-electron chi connectivity index (χ2n) is 7.02. The Labute approximate surface area is 194 Å². The fourth-order valence-electron chi connectivity index (χ4n) is 3.15. The highest BCUT2D eigenvalue weighted by Gasteiger charge is 2.15. The van der Waals surface area contributed by atoms with Gasteiger partial charge in [0.05, 0.1) is 17.9 Å². The summed E-state index contributed by atoms with van der Waals surface area (Å²) in [5.41, 5.74) is 3.55. The van der Waals surface area contributed by atoms with E-state index in [1.165, 1.54) is 11.8 Å². The van der Waals surface area contributed by atoms with Crippen molar-refractivity contribution in [1.29, 1.82) is 0 Å². The Morgan fingerprint density at radius 3 is 2.48 bits per heavy atom. The lowest BCUT2D eigenvalue weighted by Gasteiger charge is -2.10. The minimum absolute atomic E-state index is 0.107. The predicted octanol–water partition coefficient (Wildman–Crippen LogP) is 4.34. The summed E-state index contributed by atoms with van der Waals surface area (Å²) in [5, 5.41) is 14.8. The smallest absolute Gasteiger partial charge is 0.252 e. The average Bonchev–Trinajstić information content (AvgIpc) is 3.12. The number of benzene rings is 2. The van der Waals surface area contributed by atoms with E-state index in [-0.39, 0.29) is 24.1 Å². The summed E-state index contributed by atoms with van der Waals surface area (Å²) in [6.07, 6.45) is 0. The average molecular weight is 502 g/mol. The molecule has 0 aliphatic rings. The van der Waals surface area contributed by atoms with Gasteiger partial charge in [-0.3, -0.25) is 9.59 Å². The van der Waals surface area contributed by atoms with E-state index in [4.69, 9.17) is 0 Å². The van der Waals surface area contributed by atoms with Crippen LogP contribution in [-0.4, -0.2) is 32.3 Å². The number of carbonyl (C=O) groups is 2. The standard InChI is InChI=1S/C22H24BrN5O2S/c1-4-28-19(12-24-21(30)17-7-5-6-8-18(17)23)26-27-22(28)31-13-20(29)25-16-10-14(2)9-15(3)11-16/h5-11H,4,12-13H2,1-3H3,(H,24,30)(H,25,29). The summed E-state index contributed by atoms with van der Waals surface area (Å²) in [7, 11) is 0. The molecule has 162 valence electrons. The molecule has 2 aromatic carbocycles. The van der Waals surface area contributed by atoms with E-state index >= 15 is 0 Å². The second kappa shape index (κ2) is 10.6. The zero-order chi connectivity index (χ0) is 22.4. The Bertz CT molecular complexity index is 1080. The third kappa shape index (κ3) is 6.18. The van der Waals surface area contributed by atoms with Crippen LogP contribution in [0, 0.1) is 13.8 Å². The van der Waals surface area contributed by atoms with Crippen LogP contribution in [0.3, 0.4) is 0 Å². The molecule has 9 heteroatoms. The quantitative estimate of drug-likeness (QED) is 0.448. The van der Waals surface area contributed by atoms with Crippen molar-refractivity contribution in [2.45, 2.75) is 39.0 Å². The minimum Gasteiger partial charge on any atom is -0.345 e. The van der Waals surface area contributed by atoms with Crippen molar-refractivity contribution >= 4 is 45.2 Å². The number of nitrogens with zero attached hydrogens (tertiary/aromatic N) is 3. The molecule has 0 spiro atoms. The summed E-state index contributed by atoms with van der Waals surface area (Å²) >= 11 is 4.70. The Morgan fingerprint density at radius 2 is 1.81 bits per heavy atom. The van der Waals surface area contributed by atoms with Crippen LogP contribution in [0.5, 0.6) is 0 Å². The molecule has 0 atom stereocenters. The van der Waals surface area contributed by atoms with Gasteiger partial charge in [0.15, 0.2) is 11.0 Å². The molecule has 0 bridgehead atoms. The molecule has 0 unspecified atom stereocenters. The maximum absolute atomic E-state index is 12.4. The van der Waals surface area contributed by atoms with Crippen molar-refractivity contribution < 1.29 is 9.59 Å². The van der Waals surface area contributed by atoms with Gasteiger partial charge in [0.1, 0.15) is 0 Å². The zero-order valence-electron chi connectivity index (χ0n) is 17.6. The van der Waals surface area contributed by atoms with Crippen molar-refractivity contribution in [3.05, 3.63) is 69.5 Å². The van der Waals surface area contributed by atoms with Crippen LogP contribution in [0.2, 0.25) is 0 Å². The van der Waals surface area contributed by atoms with Crippen molar-refractivity contribution in [2.24, 2.45) is 0 Å². The largest absolute Gasteiger partial charge is 0.345 e. The van der Waals surface area contributed by atoms with E-state index in [2.05, 4.69) is 42.8 Å². The third-order valence-corrected chi connectivity index (χ3v) is 6.13. The molecule has 1 aromatic heterocycles. The molecule has 31 heavy (non-hydrogen) atoms. The van der Waals surface area contributed by atoms with Gasteiger partial charge in [-0.25, -0.2) is 0 Å². The predicted molar refractivity (Wildman–Crippen MR) is 126 cm³/mol. The van der Waals surface area contributed by atoms with Gasteiger partial charge in [0.2, 0.25) is 5.91 Å². The molecule has 0 fully saturated rings. The number of hydrogen-bond donors (Lipinski definition) is 2. The monoisotopic (exact) mass is 501 g/mol. The summed E-state index contributed by atoms with van der Waals surface area (Å²) in [6, 6.07) is 13.2. The van der Waals surface area contributed by atoms with Crippen LogP contribution in [0.1, 0.15) is 34.2 Å². The van der Waals surface area contributed by atoms with Crippen LogP contribution < -0.4 is 10.6 Å². The highest BCUT2D eigenvalue weighted by atomic mass is 79.9. The van der Waals surface area contributed by atoms with Gasteiger partial charge in [-0.05, 0) is 72.1 Å². The van der Waals surface area contributed by atoms with Crippen molar-refractivity contribution in [1.82, 2.24) is 20.1 Å². The fourth-order valence-corrected chi connectivity index (χ4v) is 4.43. The molecule has 2 amide bonds. The van der Waals surface area contributed by atoms with E-state index in [1.54, 1.807) is 6.07 Å². The molecule has 0 saturated carbocycles. The van der Waals surface area contributed by atoms with Gasteiger partial charge >= 0.3 is 0 Å². The lowest BCUT2D eigenvalue weighted by Crippen LogP contribution is -2.25. The molecular formula is C22H24BrN5O2S. The molecule has 0 saturated heterocycles. The number of rotatable bonds is 8. The van der Waals surface area contributed by atoms with Crippen LogP contribution in [0.15, 0.2) is 52.1 Å². The first-order chi connectivity index (χ1) is 14.9. The van der Waals surface area contributed by atoms with E-state index in [1.807, 2.05) is 55.7 Å². The molecule has 2 N–H and O–H groups in total. The molecule has 0 radical (unpaired) electrons. The third-order valence-electron chi connectivity index (χ3n) is 4.47. The molecule has 3 rings (SSSR count). The summed E-state index contributed by atoms with van der Waals surface area (Å²) in [5.74, 6) is 0.554.